The number of pyridine rings is 1. The van der Waals surface area contributed by atoms with E-state index in [0.717, 1.165) is 16.5 Å². The predicted octanol–water partition coefficient (Wildman–Crippen LogP) is 4.46. The van der Waals surface area contributed by atoms with Gasteiger partial charge in [0, 0.05) is 11.1 Å². The van der Waals surface area contributed by atoms with Crippen LogP contribution >= 0.6 is 0 Å². The van der Waals surface area contributed by atoms with Crippen LogP contribution in [-0.2, 0) is 11.3 Å². The molecule has 1 aromatic heterocycles. The Kier molecular flexibility index (Phi) is 6.22. The summed E-state index contributed by atoms with van der Waals surface area (Å²) in [4.78, 5) is 30.5. The first-order valence-electron chi connectivity index (χ1n) is 10.3. The molecule has 6 heteroatoms. The lowest BCUT2D eigenvalue weighted by molar-refractivity contribution is -0.120. The van der Waals surface area contributed by atoms with Crippen molar-refractivity contribution in [2.75, 3.05) is 18.6 Å². The quantitative estimate of drug-likeness (QED) is 0.472. The maximum Gasteiger partial charge on any atom is 0.265 e. The molecule has 1 N–H and O–H groups in total. The van der Waals surface area contributed by atoms with Gasteiger partial charge in [0.1, 0.15) is 11.5 Å². The van der Waals surface area contributed by atoms with Gasteiger partial charge in [0.15, 0.2) is 6.61 Å². The summed E-state index contributed by atoms with van der Waals surface area (Å²) in [6.45, 7) is 1.88. The second-order valence-corrected chi connectivity index (χ2v) is 7.47. The SMILES string of the molecule is COc1ccccc1N(Cc1cc2ccc(C)cc2[nH]c1=O)C(=O)COc1ccccc1. The molecule has 162 valence electrons. The normalized spacial score (nSPS) is 10.7. The largest absolute Gasteiger partial charge is 0.495 e. The third kappa shape index (κ3) is 4.64. The lowest BCUT2D eigenvalue weighted by Crippen LogP contribution is -2.36. The van der Waals surface area contributed by atoms with Gasteiger partial charge in [-0.1, -0.05) is 42.5 Å². The number of hydrogen-bond donors (Lipinski definition) is 1. The molecule has 0 saturated carbocycles. The van der Waals surface area contributed by atoms with E-state index in [9.17, 15) is 9.59 Å². The summed E-state index contributed by atoms with van der Waals surface area (Å²) in [5.41, 5.74) is 2.63. The highest BCUT2D eigenvalue weighted by Crippen LogP contribution is 2.29. The number of rotatable bonds is 7. The molecule has 0 unspecified atom stereocenters. The fraction of sp³-hybridized carbons (Fsp3) is 0.154. The van der Waals surface area contributed by atoms with E-state index < -0.39 is 0 Å². The number of para-hydroxylation sites is 3. The zero-order valence-electron chi connectivity index (χ0n) is 18.0. The molecule has 0 spiro atoms. The van der Waals surface area contributed by atoms with Gasteiger partial charge in [-0.25, -0.2) is 0 Å². The van der Waals surface area contributed by atoms with E-state index in [1.165, 1.54) is 4.90 Å². The molecular formula is C26H24N2O4. The minimum absolute atomic E-state index is 0.0799. The summed E-state index contributed by atoms with van der Waals surface area (Å²) >= 11 is 0. The van der Waals surface area contributed by atoms with Crippen molar-refractivity contribution in [3.63, 3.8) is 0 Å². The molecular weight excluding hydrogens is 404 g/mol. The molecule has 1 amide bonds. The molecule has 0 radical (unpaired) electrons. The first-order valence-corrected chi connectivity index (χ1v) is 10.3. The topological polar surface area (TPSA) is 71.6 Å². The lowest BCUT2D eigenvalue weighted by atomic mass is 10.1. The second kappa shape index (κ2) is 9.39. The van der Waals surface area contributed by atoms with E-state index in [1.54, 1.807) is 31.4 Å². The third-order valence-electron chi connectivity index (χ3n) is 5.19. The van der Waals surface area contributed by atoms with Crippen LogP contribution in [0.1, 0.15) is 11.1 Å². The second-order valence-electron chi connectivity index (χ2n) is 7.47. The summed E-state index contributed by atoms with van der Waals surface area (Å²) in [5.74, 6) is 0.843. The Hall–Kier alpha value is -4.06. The van der Waals surface area contributed by atoms with Crippen molar-refractivity contribution < 1.29 is 14.3 Å². The number of nitrogens with zero attached hydrogens (tertiary/aromatic N) is 1. The summed E-state index contributed by atoms with van der Waals surface area (Å²) in [6.07, 6.45) is 0. The number of anilines is 1. The first kappa shape index (κ1) is 21.2. The van der Waals surface area contributed by atoms with Crippen LogP contribution in [-0.4, -0.2) is 24.6 Å². The molecule has 4 aromatic rings. The van der Waals surface area contributed by atoms with Gasteiger partial charge >= 0.3 is 0 Å². The number of methoxy groups -OCH3 is 1. The van der Waals surface area contributed by atoms with E-state index >= 15 is 0 Å². The van der Waals surface area contributed by atoms with Crippen LogP contribution in [0.3, 0.4) is 0 Å². The summed E-state index contributed by atoms with van der Waals surface area (Å²) in [6, 6.07) is 24.1. The highest BCUT2D eigenvalue weighted by atomic mass is 16.5. The first-order chi connectivity index (χ1) is 15.5. The van der Waals surface area contributed by atoms with Crippen LogP contribution in [0.15, 0.2) is 83.7 Å². The number of nitrogens with one attached hydrogen (secondary N) is 1. The van der Waals surface area contributed by atoms with Crippen LogP contribution in [0.4, 0.5) is 5.69 Å². The van der Waals surface area contributed by atoms with Crippen LogP contribution in [0.2, 0.25) is 0 Å². The summed E-state index contributed by atoms with van der Waals surface area (Å²) < 4.78 is 11.1. The van der Waals surface area contributed by atoms with E-state index in [2.05, 4.69) is 4.98 Å². The summed E-state index contributed by atoms with van der Waals surface area (Å²) in [5, 5.41) is 0.901. The van der Waals surface area contributed by atoms with Crippen LogP contribution < -0.4 is 19.9 Å². The Labute approximate surface area is 186 Å². The smallest absolute Gasteiger partial charge is 0.265 e. The number of carbonyl (C=O) groups is 1. The lowest BCUT2D eigenvalue weighted by Gasteiger charge is -2.24. The number of aromatic nitrogens is 1. The number of hydrogen-bond acceptors (Lipinski definition) is 4. The van der Waals surface area contributed by atoms with E-state index in [4.69, 9.17) is 9.47 Å². The number of benzene rings is 3. The van der Waals surface area contributed by atoms with Crippen molar-refractivity contribution in [2.45, 2.75) is 13.5 Å². The average molecular weight is 428 g/mol. The fourth-order valence-corrected chi connectivity index (χ4v) is 3.55. The maximum atomic E-state index is 13.2. The number of ether oxygens (including phenoxy) is 2. The Morgan fingerprint density at radius 3 is 2.50 bits per heavy atom. The Bertz CT molecular complexity index is 1300. The number of fused-ring (bicyclic) bond motifs is 1. The van der Waals surface area contributed by atoms with Crippen molar-refractivity contribution in [1.29, 1.82) is 0 Å². The minimum atomic E-state index is -0.290. The Morgan fingerprint density at radius 1 is 0.969 bits per heavy atom. The van der Waals surface area contributed by atoms with Gasteiger partial charge in [0.05, 0.1) is 19.3 Å². The number of aryl methyl sites for hydroxylation is 1. The van der Waals surface area contributed by atoms with Gasteiger partial charge in [-0.3, -0.25) is 9.59 Å². The number of amides is 1. The van der Waals surface area contributed by atoms with Crippen LogP contribution in [0.25, 0.3) is 10.9 Å². The molecule has 6 nitrogen and oxygen atoms in total. The zero-order chi connectivity index (χ0) is 22.5. The zero-order valence-corrected chi connectivity index (χ0v) is 18.0. The molecule has 0 bridgehead atoms. The van der Waals surface area contributed by atoms with Crippen molar-refractivity contribution >= 4 is 22.5 Å². The van der Waals surface area contributed by atoms with E-state index in [1.807, 2.05) is 61.5 Å². The van der Waals surface area contributed by atoms with Gasteiger partial charge in [0.25, 0.3) is 11.5 Å². The van der Waals surface area contributed by atoms with Crippen LogP contribution in [0.5, 0.6) is 11.5 Å². The summed E-state index contributed by atoms with van der Waals surface area (Å²) in [7, 11) is 1.55. The number of H-pyrrole nitrogens is 1. The van der Waals surface area contributed by atoms with Crippen LogP contribution in [0, 0.1) is 6.92 Å². The Morgan fingerprint density at radius 2 is 1.72 bits per heavy atom. The standard InChI is InChI=1S/C26H24N2O4/c1-18-12-13-19-15-20(26(30)27-22(19)14-18)16-28(23-10-6-7-11-24(23)31-2)25(29)17-32-21-8-4-3-5-9-21/h3-15H,16-17H2,1-2H3,(H,27,30). The van der Waals surface area contributed by atoms with Crippen molar-refractivity contribution in [2.24, 2.45) is 0 Å². The minimum Gasteiger partial charge on any atom is -0.495 e. The fourth-order valence-electron chi connectivity index (χ4n) is 3.55. The number of carbonyl (C=O) groups excluding carboxylic acids is 1. The molecule has 32 heavy (non-hydrogen) atoms. The molecule has 3 aromatic carbocycles. The van der Waals surface area contributed by atoms with Crippen molar-refractivity contribution in [3.8, 4) is 11.5 Å². The van der Waals surface area contributed by atoms with Gasteiger partial charge in [-0.05, 0) is 54.3 Å². The average Bonchev–Trinajstić information content (AvgIpc) is 2.82. The number of aromatic amines is 1. The Balaban J connectivity index is 1.68. The molecule has 4 rings (SSSR count). The molecule has 0 saturated heterocycles. The monoisotopic (exact) mass is 428 g/mol. The van der Waals surface area contributed by atoms with E-state index in [-0.39, 0.29) is 24.6 Å². The predicted molar refractivity (Wildman–Crippen MR) is 125 cm³/mol. The van der Waals surface area contributed by atoms with Crippen molar-refractivity contribution in [1.82, 2.24) is 4.98 Å². The van der Waals surface area contributed by atoms with E-state index in [0.29, 0.717) is 22.7 Å². The highest BCUT2D eigenvalue weighted by Gasteiger charge is 2.22. The van der Waals surface area contributed by atoms with Gasteiger partial charge < -0.3 is 19.4 Å². The molecule has 0 aliphatic carbocycles. The van der Waals surface area contributed by atoms with Crippen molar-refractivity contribution in [3.05, 3.63) is 100 Å². The highest BCUT2D eigenvalue weighted by molar-refractivity contribution is 5.96. The maximum absolute atomic E-state index is 13.2. The van der Waals surface area contributed by atoms with Gasteiger partial charge in [-0.2, -0.15) is 0 Å². The van der Waals surface area contributed by atoms with Gasteiger partial charge in [-0.15, -0.1) is 0 Å². The molecule has 0 aliphatic heterocycles. The third-order valence-corrected chi connectivity index (χ3v) is 5.19. The molecule has 1 heterocycles. The van der Waals surface area contributed by atoms with Gasteiger partial charge in [0.2, 0.25) is 0 Å². The molecule has 0 fully saturated rings. The molecule has 0 atom stereocenters. The molecule has 0 aliphatic rings.